The van der Waals surface area contributed by atoms with Crippen LogP contribution < -0.4 is 5.32 Å². The van der Waals surface area contributed by atoms with Gasteiger partial charge >= 0.3 is 5.97 Å². The van der Waals surface area contributed by atoms with Crippen molar-refractivity contribution < 1.29 is 18.7 Å². The van der Waals surface area contributed by atoms with Crippen molar-refractivity contribution >= 4 is 11.9 Å². The normalized spacial score (nSPS) is 11.6. The number of ether oxygens (including phenoxy) is 1. The molecule has 0 fully saturated rings. The number of hydrogen-bond acceptors (Lipinski definition) is 4. The van der Waals surface area contributed by atoms with Crippen molar-refractivity contribution in [3.8, 4) is 0 Å². The van der Waals surface area contributed by atoms with Gasteiger partial charge in [-0.25, -0.2) is 4.79 Å². The highest BCUT2D eigenvalue weighted by Gasteiger charge is 2.26. The summed E-state index contributed by atoms with van der Waals surface area (Å²) in [6.07, 6.45) is 0.324. The fourth-order valence-electron chi connectivity index (χ4n) is 2.45. The first kappa shape index (κ1) is 17.5. The quantitative estimate of drug-likeness (QED) is 0.687. The molecule has 0 saturated carbocycles. The zero-order valence-corrected chi connectivity index (χ0v) is 14.3. The SMILES string of the molecule is Cc1ccc(CNC(=O)C(OC(=O)c2ccco2)c2ccccc2)cc1. The summed E-state index contributed by atoms with van der Waals surface area (Å²) in [6.45, 7) is 2.35. The van der Waals surface area contributed by atoms with Crippen LogP contribution in [0.25, 0.3) is 0 Å². The number of benzene rings is 2. The molecule has 1 atom stereocenters. The Kier molecular flexibility index (Phi) is 5.49. The third-order valence-corrected chi connectivity index (χ3v) is 3.88. The van der Waals surface area contributed by atoms with Gasteiger partial charge in [0.05, 0.1) is 6.26 Å². The first-order chi connectivity index (χ1) is 12.6. The van der Waals surface area contributed by atoms with Gasteiger partial charge in [-0.2, -0.15) is 0 Å². The van der Waals surface area contributed by atoms with Crippen LogP contribution in [-0.4, -0.2) is 11.9 Å². The fourth-order valence-corrected chi connectivity index (χ4v) is 2.45. The second-order valence-electron chi connectivity index (χ2n) is 5.88. The minimum absolute atomic E-state index is 0.0530. The lowest BCUT2D eigenvalue weighted by molar-refractivity contribution is -0.130. The number of esters is 1. The molecule has 0 spiro atoms. The van der Waals surface area contributed by atoms with E-state index in [4.69, 9.17) is 9.15 Å². The summed E-state index contributed by atoms with van der Waals surface area (Å²) in [5.74, 6) is -1.02. The van der Waals surface area contributed by atoms with Crippen LogP contribution in [0.15, 0.2) is 77.4 Å². The maximum absolute atomic E-state index is 12.7. The topological polar surface area (TPSA) is 68.5 Å². The van der Waals surface area contributed by atoms with E-state index in [9.17, 15) is 9.59 Å². The van der Waals surface area contributed by atoms with Gasteiger partial charge in [0.25, 0.3) is 5.91 Å². The van der Waals surface area contributed by atoms with Gasteiger partial charge in [-0.15, -0.1) is 0 Å². The predicted octanol–water partition coefficient (Wildman–Crippen LogP) is 3.80. The lowest BCUT2D eigenvalue weighted by atomic mass is 10.1. The van der Waals surface area contributed by atoms with Crippen molar-refractivity contribution in [2.24, 2.45) is 0 Å². The van der Waals surface area contributed by atoms with Gasteiger partial charge in [0, 0.05) is 12.1 Å². The molecule has 132 valence electrons. The average Bonchev–Trinajstić information content (AvgIpc) is 3.21. The van der Waals surface area contributed by atoms with E-state index in [1.165, 1.54) is 12.3 Å². The van der Waals surface area contributed by atoms with Gasteiger partial charge in [0.1, 0.15) is 0 Å². The van der Waals surface area contributed by atoms with E-state index in [0.717, 1.165) is 11.1 Å². The summed E-state index contributed by atoms with van der Waals surface area (Å²) in [6, 6.07) is 19.8. The highest BCUT2D eigenvalue weighted by molar-refractivity contribution is 5.90. The molecule has 0 bridgehead atoms. The second kappa shape index (κ2) is 8.16. The Balaban J connectivity index is 1.73. The van der Waals surface area contributed by atoms with Crippen molar-refractivity contribution in [2.45, 2.75) is 19.6 Å². The summed E-state index contributed by atoms with van der Waals surface area (Å²) in [5.41, 5.74) is 2.71. The standard InChI is InChI=1S/C21H19NO4/c1-15-9-11-16(12-10-15)14-22-20(23)19(17-6-3-2-4-7-17)26-21(24)18-8-5-13-25-18/h2-13,19H,14H2,1H3,(H,22,23). The number of amides is 1. The van der Waals surface area contributed by atoms with Crippen molar-refractivity contribution in [1.29, 1.82) is 0 Å². The maximum atomic E-state index is 12.7. The summed E-state index contributed by atoms with van der Waals surface area (Å²) < 4.78 is 10.5. The Bertz CT molecular complexity index is 855. The van der Waals surface area contributed by atoms with E-state index in [-0.39, 0.29) is 5.76 Å². The van der Waals surface area contributed by atoms with Crippen LogP contribution in [-0.2, 0) is 16.1 Å². The Hall–Kier alpha value is -3.34. The summed E-state index contributed by atoms with van der Waals surface area (Å²) in [4.78, 5) is 24.9. The van der Waals surface area contributed by atoms with E-state index in [1.807, 2.05) is 37.3 Å². The third kappa shape index (κ3) is 4.39. The Morgan fingerprint density at radius 2 is 1.73 bits per heavy atom. The van der Waals surface area contributed by atoms with E-state index in [2.05, 4.69) is 5.32 Å². The molecule has 5 heteroatoms. The number of carbonyl (C=O) groups excluding carboxylic acids is 2. The van der Waals surface area contributed by atoms with Crippen molar-refractivity contribution in [3.63, 3.8) is 0 Å². The van der Waals surface area contributed by atoms with Crippen LogP contribution in [0.5, 0.6) is 0 Å². The van der Waals surface area contributed by atoms with Crippen molar-refractivity contribution in [2.75, 3.05) is 0 Å². The number of aryl methyl sites for hydroxylation is 1. The molecule has 5 nitrogen and oxygen atoms in total. The number of nitrogens with one attached hydrogen (secondary N) is 1. The van der Waals surface area contributed by atoms with Crippen LogP contribution in [0.1, 0.15) is 33.3 Å². The zero-order chi connectivity index (χ0) is 18.4. The lowest BCUT2D eigenvalue weighted by Gasteiger charge is -2.17. The molecule has 1 N–H and O–H groups in total. The molecule has 1 unspecified atom stereocenters. The first-order valence-corrected chi connectivity index (χ1v) is 8.26. The number of hydrogen-bond donors (Lipinski definition) is 1. The maximum Gasteiger partial charge on any atom is 0.375 e. The van der Waals surface area contributed by atoms with Crippen LogP contribution in [0.2, 0.25) is 0 Å². The summed E-state index contributed by atoms with van der Waals surface area (Å²) in [5, 5.41) is 2.82. The Labute approximate surface area is 151 Å². The molecule has 0 aliphatic heterocycles. The zero-order valence-electron chi connectivity index (χ0n) is 14.3. The van der Waals surface area contributed by atoms with E-state index in [0.29, 0.717) is 12.1 Å². The molecule has 0 aliphatic carbocycles. The molecule has 0 radical (unpaired) electrons. The lowest BCUT2D eigenvalue weighted by Crippen LogP contribution is -2.31. The molecule has 26 heavy (non-hydrogen) atoms. The highest BCUT2D eigenvalue weighted by Crippen LogP contribution is 2.20. The molecule has 0 aliphatic rings. The first-order valence-electron chi connectivity index (χ1n) is 8.26. The molecule has 2 aromatic carbocycles. The van der Waals surface area contributed by atoms with Crippen LogP contribution >= 0.6 is 0 Å². The van der Waals surface area contributed by atoms with Gasteiger partial charge in [0.15, 0.2) is 0 Å². The van der Waals surface area contributed by atoms with Crippen molar-refractivity contribution in [3.05, 3.63) is 95.4 Å². The third-order valence-electron chi connectivity index (χ3n) is 3.88. The van der Waals surface area contributed by atoms with Crippen LogP contribution in [0.3, 0.4) is 0 Å². The fraction of sp³-hybridized carbons (Fsp3) is 0.143. The van der Waals surface area contributed by atoms with E-state index in [1.54, 1.807) is 30.3 Å². The van der Waals surface area contributed by atoms with Gasteiger partial charge in [-0.3, -0.25) is 4.79 Å². The van der Waals surface area contributed by atoms with E-state index < -0.39 is 18.0 Å². The molecule has 0 saturated heterocycles. The van der Waals surface area contributed by atoms with E-state index >= 15 is 0 Å². The minimum Gasteiger partial charge on any atom is -0.457 e. The summed E-state index contributed by atoms with van der Waals surface area (Å²) in [7, 11) is 0. The average molecular weight is 349 g/mol. The van der Waals surface area contributed by atoms with Gasteiger partial charge < -0.3 is 14.5 Å². The Morgan fingerprint density at radius 1 is 1.00 bits per heavy atom. The van der Waals surface area contributed by atoms with Gasteiger partial charge in [0.2, 0.25) is 11.9 Å². The number of rotatable bonds is 6. The molecule has 1 heterocycles. The molecular weight excluding hydrogens is 330 g/mol. The molecule has 1 aromatic heterocycles. The molecule has 3 aromatic rings. The molecule has 3 rings (SSSR count). The molecular formula is C21H19NO4. The number of furan rings is 1. The monoisotopic (exact) mass is 349 g/mol. The highest BCUT2D eigenvalue weighted by atomic mass is 16.6. The van der Waals surface area contributed by atoms with Crippen LogP contribution in [0.4, 0.5) is 0 Å². The van der Waals surface area contributed by atoms with Crippen molar-refractivity contribution in [1.82, 2.24) is 5.32 Å². The predicted molar refractivity (Wildman–Crippen MR) is 96.3 cm³/mol. The van der Waals surface area contributed by atoms with Crippen LogP contribution in [0, 0.1) is 6.92 Å². The smallest absolute Gasteiger partial charge is 0.375 e. The number of carbonyl (C=O) groups is 2. The molecule has 1 amide bonds. The summed E-state index contributed by atoms with van der Waals surface area (Å²) >= 11 is 0. The second-order valence-corrected chi connectivity index (χ2v) is 5.88. The minimum atomic E-state index is -1.06. The Morgan fingerprint density at radius 3 is 2.38 bits per heavy atom. The van der Waals surface area contributed by atoms with Gasteiger partial charge in [-0.1, -0.05) is 60.2 Å². The van der Waals surface area contributed by atoms with Gasteiger partial charge in [-0.05, 0) is 24.6 Å². The largest absolute Gasteiger partial charge is 0.457 e.